The maximum absolute atomic E-state index is 11.0. The van der Waals surface area contributed by atoms with Crippen LogP contribution in [0.3, 0.4) is 0 Å². The van der Waals surface area contributed by atoms with Gasteiger partial charge in [-0.2, -0.15) is 0 Å². The number of carbonyl (C=O) groups excluding carboxylic acids is 1. The second-order valence-corrected chi connectivity index (χ2v) is 4.47. The van der Waals surface area contributed by atoms with Gasteiger partial charge in [-0.3, -0.25) is 4.79 Å². The van der Waals surface area contributed by atoms with Crippen LogP contribution in [-0.4, -0.2) is 30.1 Å². The van der Waals surface area contributed by atoms with E-state index in [1.165, 1.54) is 0 Å². The molecule has 0 aliphatic carbocycles. The Kier molecular flexibility index (Phi) is 1.67. The van der Waals surface area contributed by atoms with E-state index in [2.05, 4.69) is 6.92 Å². The highest BCUT2D eigenvalue weighted by molar-refractivity contribution is 5.72. The Balaban J connectivity index is 1.74. The molecule has 3 aliphatic heterocycles. The minimum Gasteiger partial charge on any atom is -0.459 e. The molecule has 3 aliphatic rings. The molecule has 0 aromatic heterocycles. The van der Waals surface area contributed by atoms with E-state index in [1.54, 1.807) is 0 Å². The molecular formula is C10H14O4. The molecule has 3 saturated heterocycles. The predicted molar refractivity (Wildman–Crippen MR) is 46.5 cm³/mol. The summed E-state index contributed by atoms with van der Waals surface area (Å²) in [6.45, 7) is 2.05. The van der Waals surface area contributed by atoms with Crippen LogP contribution in [0, 0.1) is 0 Å². The van der Waals surface area contributed by atoms with E-state index in [9.17, 15) is 4.79 Å². The standard InChI is InChI=1S/C10H14O4/c1-6-2-3-10(13-6)5-8-7(14-10)4-9(11)12-8/h6-8H,2-5H2,1H3/t6-,7-,8-,10+/m1/s1. The number of ether oxygens (including phenoxy) is 3. The van der Waals surface area contributed by atoms with E-state index in [0.717, 1.165) is 12.8 Å². The predicted octanol–water partition coefficient (Wildman–Crippen LogP) is 0.986. The molecule has 0 radical (unpaired) electrons. The molecule has 4 atom stereocenters. The van der Waals surface area contributed by atoms with Crippen LogP contribution >= 0.6 is 0 Å². The summed E-state index contributed by atoms with van der Waals surface area (Å²) in [7, 11) is 0. The lowest BCUT2D eigenvalue weighted by Crippen LogP contribution is -2.29. The van der Waals surface area contributed by atoms with Crippen LogP contribution < -0.4 is 0 Å². The highest BCUT2D eigenvalue weighted by atomic mass is 16.7. The van der Waals surface area contributed by atoms with E-state index in [4.69, 9.17) is 14.2 Å². The molecule has 4 heteroatoms. The van der Waals surface area contributed by atoms with Crippen molar-refractivity contribution in [1.29, 1.82) is 0 Å². The minimum absolute atomic E-state index is 0.0622. The van der Waals surface area contributed by atoms with Crippen molar-refractivity contribution in [2.45, 2.75) is 56.7 Å². The van der Waals surface area contributed by atoms with Crippen LogP contribution in [-0.2, 0) is 19.0 Å². The van der Waals surface area contributed by atoms with Crippen molar-refractivity contribution >= 4 is 5.97 Å². The molecule has 1 spiro atoms. The van der Waals surface area contributed by atoms with Gasteiger partial charge in [0, 0.05) is 12.8 Å². The monoisotopic (exact) mass is 198 g/mol. The third-order valence-corrected chi connectivity index (χ3v) is 3.29. The van der Waals surface area contributed by atoms with Crippen molar-refractivity contribution in [3.8, 4) is 0 Å². The van der Waals surface area contributed by atoms with Crippen molar-refractivity contribution in [2.75, 3.05) is 0 Å². The highest BCUT2D eigenvalue weighted by Gasteiger charge is 2.55. The van der Waals surface area contributed by atoms with Gasteiger partial charge in [0.25, 0.3) is 0 Å². The van der Waals surface area contributed by atoms with E-state index < -0.39 is 5.79 Å². The molecule has 0 aromatic carbocycles. The Morgan fingerprint density at radius 2 is 2.21 bits per heavy atom. The average molecular weight is 198 g/mol. The van der Waals surface area contributed by atoms with E-state index in [0.29, 0.717) is 12.8 Å². The molecule has 0 amide bonds. The highest BCUT2D eigenvalue weighted by Crippen LogP contribution is 2.45. The summed E-state index contributed by atoms with van der Waals surface area (Å²) in [5, 5.41) is 0. The second-order valence-electron chi connectivity index (χ2n) is 4.47. The molecule has 0 saturated carbocycles. The fraction of sp³-hybridized carbons (Fsp3) is 0.900. The average Bonchev–Trinajstić information content (AvgIpc) is 2.66. The van der Waals surface area contributed by atoms with Crippen molar-refractivity contribution in [1.82, 2.24) is 0 Å². The van der Waals surface area contributed by atoms with Crippen LogP contribution in [0.4, 0.5) is 0 Å². The third kappa shape index (κ3) is 1.17. The smallest absolute Gasteiger partial charge is 0.308 e. The van der Waals surface area contributed by atoms with Crippen LogP contribution in [0.1, 0.15) is 32.6 Å². The van der Waals surface area contributed by atoms with Crippen LogP contribution in [0.2, 0.25) is 0 Å². The molecule has 3 rings (SSSR count). The number of esters is 1. The summed E-state index contributed by atoms with van der Waals surface area (Å²) in [5.74, 6) is -0.573. The van der Waals surface area contributed by atoms with Crippen molar-refractivity contribution in [3.05, 3.63) is 0 Å². The minimum atomic E-state index is -0.435. The Morgan fingerprint density at radius 1 is 1.36 bits per heavy atom. The van der Waals surface area contributed by atoms with Crippen LogP contribution in [0.5, 0.6) is 0 Å². The third-order valence-electron chi connectivity index (χ3n) is 3.29. The normalized spacial score (nSPS) is 51.2. The van der Waals surface area contributed by atoms with Gasteiger partial charge in [0.1, 0.15) is 12.2 Å². The quantitative estimate of drug-likeness (QED) is 0.544. The Morgan fingerprint density at radius 3 is 2.86 bits per heavy atom. The second kappa shape index (κ2) is 2.70. The fourth-order valence-electron chi connectivity index (χ4n) is 2.65. The van der Waals surface area contributed by atoms with Gasteiger partial charge >= 0.3 is 5.97 Å². The number of hydrogen-bond acceptors (Lipinski definition) is 4. The first kappa shape index (κ1) is 8.68. The molecule has 78 valence electrons. The molecule has 0 unspecified atom stereocenters. The van der Waals surface area contributed by atoms with Crippen molar-refractivity contribution in [2.24, 2.45) is 0 Å². The molecule has 3 heterocycles. The van der Waals surface area contributed by atoms with Crippen molar-refractivity contribution in [3.63, 3.8) is 0 Å². The lowest BCUT2D eigenvalue weighted by molar-refractivity contribution is -0.213. The molecule has 0 N–H and O–H groups in total. The summed E-state index contributed by atoms with van der Waals surface area (Å²) >= 11 is 0. The Hall–Kier alpha value is -0.610. The van der Waals surface area contributed by atoms with Gasteiger partial charge in [-0.05, 0) is 13.3 Å². The number of fused-ring (bicyclic) bond motifs is 1. The number of rotatable bonds is 0. The molecule has 3 fully saturated rings. The zero-order valence-corrected chi connectivity index (χ0v) is 8.19. The summed E-state index contributed by atoms with van der Waals surface area (Å²) in [6, 6.07) is 0. The Labute approximate surface area is 82.5 Å². The first-order valence-corrected chi connectivity index (χ1v) is 5.22. The zero-order valence-electron chi connectivity index (χ0n) is 8.19. The van der Waals surface area contributed by atoms with Crippen LogP contribution in [0.15, 0.2) is 0 Å². The van der Waals surface area contributed by atoms with Gasteiger partial charge in [0.2, 0.25) is 0 Å². The topological polar surface area (TPSA) is 44.8 Å². The lowest BCUT2D eigenvalue weighted by Gasteiger charge is -2.23. The van der Waals surface area contributed by atoms with E-state index >= 15 is 0 Å². The molecule has 0 bridgehead atoms. The van der Waals surface area contributed by atoms with E-state index in [-0.39, 0.29) is 24.3 Å². The maximum atomic E-state index is 11.0. The summed E-state index contributed by atoms with van der Waals surface area (Å²) < 4.78 is 16.7. The van der Waals surface area contributed by atoms with Crippen LogP contribution in [0.25, 0.3) is 0 Å². The van der Waals surface area contributed by atoms with Gasteiger partial charge in [-0.25, -0.2) is 0 Å². The molecule has 4 nitrogen and oxygen atoms in total. The van der Waals surface area contributed by atoms with Crippen molar-refractivity contribution < 1.29 is 19.0 Å². The number of carbonyl (C=O) groups is 1. The first-order valence-electron chi connectivity index (χ1n) is 5.22. The Bertz CT molecular complexity index is 259. The SMILES string of the molecule is C[C@@H]1CC[C@]2(C[C@H]3OC(=O)C[C@H]3O2)O1. The van der Waals surface area contributed by atoms with Gasteiger partial charge < -0.3 is 14.2 Å². The summed E-state index contributed by atoms with van der Waals surface area (Å²) in [6.07, 6.45) is 3.22. The van der Waals surface area contributed by atoms with Gasteiger partial charge in [-0.15, -0.1) is 0 Å². The summed E-state index contributed by atoms with van der Waals surface area (Å²) in [4.78, 5) is 11.0. The van der Waals surface area contributed by atoms with Gasteiger partial charge in [0.05, 0.1) is 12.5 Å². The zero-order chi connectivity index (χ0) is 9.76. The van der Waals surface area contributed by atoms with Gasteiger partial charge in [-0.1, -0.05) is 0 Å². The number of hydrogen-bond donors (Lipinski definition) is 0. The maximum Gasteiger partial charge on any atom is 0.308 e. The van der Waals surface area contributed by atoms with E-state index in [1.807, 2.05) is 0 Å². The fourth-order valence-corrected chi connectivity index (χ4v) is 2.65. The lowest BCUT2D eigenvalue weighted by atomic mass is 10.1. The molecule has 0 aromatic rings. The first-order chi connectivity index (χ1) is 6.67. The molecular weight excluding hydrogens is 184 g/mol. The largest absolute Gasteiger partial charge is 0.459 e. The summed E-state index contributed by atoms with van der Waals surface area (Å²) in [5.41, 5.74) is 0. The van der Waals surface area contributed by atoms with Gasteiger partial charge in [0.15, 0.2) is 5.79 Å². The molecule has 14 heavy (non-hydrogen) atoms.